The fourth-order valence-corrected chi connectivity index (χ4v) is 1.57. The van der Waals surface area contributed by atoms with Gasteiger partial charge in [0.25, 0.3) is 0 Å². The minimum Gasteiger partial charge on any atom is -0.481 e. The van der Waals surface area contributed by atoms with Crippen LogP contribution >= 0.6 is 0 Å². The Kier molecular flexibility index (Phi) is 6.12. The first kappa shape index (κ1) is 13.1. The predicted molar refractivity (Wildman–Crippen MR) is 54.3 cm³/mol. The van der Waals surface area contributed by atoms with Gasteiger partial charge in [-0.05, 0) is 26.4 Å². The van der Waals surface area contributed by atoms with Crippen molar-refractivity contribution in [2.24, 2.45) is 0 Å². The van der Waals surface area contributed by atoms with E-state index in [1.165, 1.54) is 6.92 Å². The van der Waals surface area contributed by atoms with Gasteiger partial charge in [0, 0.05) is 6.42 Å². The van der Waals surface area contributed by atoms with Crippen molar-refractivity contribution in [2.75, 3.05) is 13.1 Å². The Morgan fingerprint density at radius 2 is 1.79 bits per heavy atom. The topological polar surface area (TPSA) is 57.6 Å². The Morgan fingerprint density at radius 1 is 1.29 bits per heavy atom. The molecule has 0 rings (SSSR count). The van der Waals surface area contributed by atoms with Crippen LogP contribution in [-0.4, -0.2) is 40.9 Å². The number of carboxylic acid groups (broad SMARTS) is 1. The lowest BCUT2D eigenvalue weighted by Gasteiger charge is -2.26. The van der Waals surface area contributed by atoms with Crippen molar-refractivity contribution in [3.63, 3.8) is 0 Å². The van der Waals surface area contributed by atoms with Gasteiger partial charge in [-0.15, -0.1) is 0 Å². The molecule has 0 amide bonds. The Balaban J connectivity index is 4.27. The summed E-state index contributed by atoms with van der Waals surface area (Å²) in [6, 6.07) is -0.235. The van der Waals surface area contributed by atoms with Gasteiger partial charge in [0.2, 0.25) is 0 Å². The fraction of sp³-hybridized carbons (Fsp3) is 0.800. The molecule has 0 aliphatic carbocycles. The van der Waals surface area contributed by atoms with E-state index in [0.29, 0.717) is 6.42 Å². The highest BCUT2D eigenvalue weighted by atomic mass is 16.4. The Labute approximate surface area is 84.9 Å². The van der Waals surface area contributed by atoms with Crippen molar-refractivity contribution in [3.8, 4) is 0 Å². The number of nitrogens with zero attached hydrogens (tertiary/aromatic N) is 1. The van der Waals surface area contributed by atoms with Gasteiger partial charge in [0.1, 0.15) is 5.78 Å². The molecule has 82 valence electrons. The number of carboxylic acids is 1. The van der Waals surface area contributed by atoms with Crippen LogP contribution in [-0.2, 0) is 9.59 Å². The molecule has 0 radical (unpaired) electrons. The van der Waals surface area contributed by atoms with Crippen LogP contribution in [0.5, 0.6) is 0 Å². The molecule has 14 heavy (non-hydrogen) atoms. The number of aliphatic carboxylic acids is 1. The highest BCUT2D eigenvalue weighted by Crippen LogP contribution is 2.08. The Hall–Kier alpha value is -0.900. The van der Waals surface area contributed by atoms with Crippen LogP contribution in [0.3, 0.4) is 0 Å². The number of carbonyl (C=O) groups excluding carboxylic acids is 1. The van der Waals surface area contributed by atoms with Crippen LogP contribution in [0.1, 0.15) is 33.6 Å². The summed E-state index contributed by atoms with van der Waals surface area (Å²) < 4.78 is 0. The number of ketones is 1. The number of hydrogen-bond acceptors (Lipinski definition) is 3. The zero-order valence-corrected chi connectivity index (χ0v) is 9.12. The monoisotopic (exact) mass is 201 g/mol. The van der Waals surface area contributed by atoms with E-state index in [0.717, 1.165) is 13.1 Å². The second-order valence-electron chi connectivity index (χ2n) is 3.28. The summed E-state index contributed by atoms with van der Waals surface area (Å²) in [7, 11) is 0. The fourth-order valence-electron chi connectivity index (χ4n) is 1.57. The molecule has 0 heterocycles. The maximum absolute atomic E-state index is 11.3. The van der Waals surface area contributed by atoms with Crippen molar-refractivity contribution >= 4 is 11.8 Å². The minimum atomic E-state index is -0.844. The summed E-state index contributed by atoms with van der Waals surface area (Å²) in [5.74, 6) is -0.793. The second kappa shape index (κ2) is 6.54. The molecule has 0 fully saturated rings. The highest BCUT2D eigenvalue weighted by molar-refractivity contribution is 5.82. The maximum Gasteiger partial charge on any atom is 0.303 e. The Bertz CT molecular complexity index is 200. The van der Waals surface area contributed by atoms with Gasteiger partial charge in [-0.1, -0.05) is 13.8 Å². The van der Waals surface area contributed by atoms with E-state index < -0.39 is 5.97 Å². The Morgan fingerprint density at radius 3 is 2.07 bits per heavy atom. The van der Waals surface area contributed by atoms with E-state index >= 15 is 0 Å². The quantitative estimate of drug-likeness (QED) is 0.671. The van der Waals surface area contributed by atoms with Gasteiger partial charge in [0.05, 0.1) is 6.04 Å². The molecule has 1 atom stereocenters. The lowest BCUT2D eigenvalue weighted by molar-refractivity contribution is -0.137. The molecule has 4 nitrogen and oxygen atoms in total. The molecule has 0 aromatic rings. The van der Waals surface area contributed by atoms with Crippen molar-refractivity contribution in [2.45, 2.75) is 39.7 Å². The van der Waals surface area contributed by atoms with Gasteiger partial charge >= 0.3 is 5.97 Å². The first-order valence-corrected chi connectivity index (χ1v) is 4.99. The van der Waals surface area contributed by atoms with Crippen molar-refractivity contribution < 1.29 is 14.7 Å². The van der Waals surface area contributed by atoms with Crippen molar-refractivity contribution in [3.05, 3.63) is 0 Å². The van der Waals surface area contributed by atoms with Gasteiger partial charge in [-0.3, -0.25) is 14.5 Å². The smallest absolute Gasteiger partial charge is 0.303 e. The van der Waals surface area contributed by atoms with Gasteiger partial charge in [-0.2, -0.15) is 0 Å². The zero-order valence-electron chi connectivity index (χ0n) is 9.12. The molecule has 0 bridgehead atoms. The summed E-state index contributed by atoms with van der Waals surface area (Å²) in [5.41, 5.74) is 0. The third-order valence-corrected chi connectivity index (χ3v) is 2.35. The van der Waals surface area contributed by atoms with Gasteiger partial charge in [0.15, 0.2) is 0 Å². The van der Waals surface area contributed by atoms with Crippen LogP contribution in [0.2, 0.25) is 0 Å². The first-order valence-electron chi connectivity index (χ1n) is 4.99. The van der Waals surface area contributed by atoms with Crippen LogP contribution < -0.4 is 0 Å². The summed E-state index contributed by atoms with van der Waals surface area (Å²) in [6.07, 6.45) is 0.465. The normalized spacial score (nSPS) is 12.9. The molecule has 0 saturated heterocycles. The van der Waals surface area contributed by atoms with E-state index in [9.17, 15) is 9.59 Å². The maximum atomic E-state index is 11.3. The summed E-state index contributed by atoms with van der Waals surface area (Å²) in [6.45, 7) is 7.02. The predicted octanol–water partition coefficient (Wildman–Crippen LogP) is 1.15. The zero-order chi connectivity index (χ0) is 11.1. The van der Waals surface area contributed by atoms with E-state index in [4.69, 9.17) is 5.11 Å². The van der Waals surface area contributed by atoms with Gasteiger partial charge < -0.3 is 5.11 Å². The molecule has 0 spiro atoms. The highest BCUT2D eigenvalue weighted by Gasteiger charge is 2.20. The standard InChI is InChI=1S/C10H19NO3/c1-4-11(5-2)9(8(3)12)6-7-10(13)14/h9H,4-7H2,1-3H3,(H,13,14)/t9-/m0/s1. The summed E-state index contributed by atoms with van der Waals surface area (Å²) in [4.78, 5) is 23.7. The first-order chi connectivity index (χ1) is 6.52. The van der Waals surface area contributed by atoms with Crippen LogP contribution in [0.15, 0.2) is 0 Å². The van der Waals surface area contributed by atoms with Crippen LogP contribution in [0, 0.1) is 0 Å². The van der Waals surface area contributed by atoms with Crippen molar-refractivity contribution in [1.82, 2.24) is 4.90 Å². The average Bonchev–Trinajstić information content (AvgIpc) is 2.11. The molecule has 0 unspecified atom stereocenters. The van der Waals surface area contributed by atoms with Crippen LogP contribution in [0.4, 0.5) is 0 Å². The molecular formula is C10H19NO3. The molecule has 0 aromatic carbocycles. The van der Waals surface area contributed by atoms with E-state index in [1.807, 2.05) is 18.7 Å². The number of likely N-dealkylation sites (N-methyl/N-ethyl adjacent to an activating group) is 1. The summed E-state index contributed by atoms with van der Waals surface area (Å²) in [5, 5.41) is 8.54. The number of carbonyl (C=O) groups is 2. The largest absolute Gasteiger partial charge is 0.481 e. The van der Waals surface area contributed by atoms with E-state index in [-0.39, 0.29) is 18.2 Å². The lowest BCUT2D eigenvalue weighted by atomic mass is 10.1. The van der Waals surface area contributed by atoms with Crippen molar-refractivity contribution in [1.29, 1.82) is 0 Å². The molecule has 0 saturated carbocycles. The number of hydrogen-bond donors (Lipinski definition) is 1. The van der Waals surface area contributed by atoms with Crippen LogP contribution in [0.25, 0.3) is 0 Å². The third-order valence-electron chi connectivity index (χ3n) is 2.35. The van der Waals surface area contributed by atoms with Gasteiger partial charge in [-0.25, -0.2) is 0 Å². The average molecular weight is 201 g/mol. The molecule has 4 heteroatoms. The van der Waals surface area contributed by atoms with E-state index in [2.05, 4.69) is 0 Å². The molecule has 0 aliphatic heterocycles. The SMILES string of the molecule is CCN(CC)[C@@H](CCC(=O)O)C(C)=O. The minimum absolute atomic E-state index is 0.0509. The second-order valence-corrected chi connectivity index (χ2v) is 3.28. The number of rotatable bonds is 7. The van der Waals surface area contributed by atoms with E-state index in [1.54, 1.807) is 0 Å². The lowest BCUT2D eigenvalue weighted by Crippen LogP contribution is -2.40. The molecule has 0 aliphatic rings. The molecule has 0 aromatic heterocycles. The summed E-state index contributed by atoms with van der Waals surface area (Å²) >= 11 is 0. The third kappa shape index (κ3) is 4.37. The molecular weight excluding hydrogens is 182 g/mol. The molecule has 1 N–H and O–H groups in total. The number of Topliss-reactive ketones (excluding diaryl/α,β-unsaturated/α-hetero) is 1.